The van der Waals surface area contributed by atoms with Crippen LogP contribution in [0.5, 0.6) is 0 Å². The number of hydrogen-bond acceptors (Lipinski definition) is 3. The number of H-pyrrole nitrogens is 1. The van der Waals surface area contributed by atoms with Crippen molar-refractivity contribution in [2.24, 2.45) is 0 Å². The molecule has 0 saturated carbocycles. The van der Waals surface area contributed by atoms with E-state index in [0.29, 0.717) is 5.69 Å². The standard InChI is InChI=1S/C10H14N2O2/c13-8-10-5-9(6-11-10)7-12-1-3-14-4-2-12/h5-6,8,11H,1-4,7H2. The number of carbonyl (C=O) groups is 1. The molecule has 2 rings (SSSR count). The lowest BCUT2D eigenvalue weighted by Crippen LogP contribution is -2.35. The van der Waals surface area contributed by atoms with Gasteiger partial charge in [0.05, 0.1) is 18.9 Å². The zero-order chi connectivity index (χ0) is 9.80. The quantitative estimate of drug-likeness (QED) is 0.719. The van der Waals surface area contributed by atoms with Crippen LogP contribution < -0.4 is 0 Å². The molecular weight excluding hydrogens is 180 g/mol. The van der Waals surface area contributed by atoms with Crippen LogP contribution >= 0.6 is 0 Å². The Bertz CT molecular complexity index is 303. The number of nitrogens with zero attached hydrogens (tertiary/aromatic N) is 1. The summed E-state index contributed by atoms with van der Waals surface area (Å²) in [6.45, 7) is 4.47. The molecule has 1 aromatic heterocycles. The summed E-state index contributed by atoms with van der Waals surface area (Å²) in [7, 11) is 0. The second-order valence-corrected chi connectivity index (χ2v) is 3.47. The fourth-order valence-electron chi connectivity index (χ4n) is 1.64. The third kappa shape index (κ3) is 2.21. The molecule has 4 nitrogen and oxygen atoms in total. The minimum absolute atomic E-state index is 0.647. The Balaban J connectivity index is 1.92. The highest BCUT2D eigenvalue weighted by Gasteiger charge is 2.11. The van der Waals surface area contributed by atoms with Gasteiger partial charge in [-0.05, 0) is 11.6 Å². The minimum Gasteiger partial charge on any atom is -0.379 e. The van der Waals surface area contributed by atoms with E-state index in [2.05, 4.69) is 9.88 Å². The van der Waals surface area contributed by atoms with E-state index in [-0.39, 0.29) is 0 Å². The van der Waals surface area contributed by atoms with Crippen molar-refractivity contribution in [3.05, 3.63) is 23.5 Å². The summed E-state index contributed by atoms with van der Waals surface area (Å²) in [5, 5.41) is 0. The Kier molecular flexibility index (Phi) is 2.96. The number of hydrogen-bond donors (Lipinski definition) is 1. The zero-order valence-corrected chi connectivity index (χ0v) is 8.03. The van der Waals surface area contributed by atoms with Crippen molar-refractivity contribution < 1.29 is 9.53 Å². The molecule has 1 aliphatic rings. The predicted octanol–water partition coefficient (Wildman–Crippen LogP) is 0.659. The van der Waals surface area contributed by atoms with Crippen LogP contribution in [0.3, 0.4) is 0 Å². The largest absolute Gasteiger partial charge is 0.379 e. The third-order valence-corrected chi connectivity index (χ3v) is 2.40. The maximum Gasteiger partial charge on any atom is 0.166 e. The average Bonchev–Trinajstić information content (AvgIpc) is 2.67. The van der Waals surface area contributed by atoms with E-state index in [4.69, 9.17) is 4.74 Å². The van der Waals surface area contributed by atoms with Crippen LogP contribution in [0.1, 0.15) is 16.1 Å². The van der Waals surface area contributed by atoms with Gasteiger partial charge < -0.3 is 9.72 Å². The topological polar surface area (TPSA) is 45.3 Å². The molecule has 1 saturated heterocycles. The lowest BCUT2D eigenvalue weighted by Gasteiger charge is -2.25. The second-order valence-electron chi connectivity index (χ2n) is 3.47. The Hall–Kier alpha value is -1.13. The number of aromatic amines is 1. The highest BCUT2D eigenvalue weighted by molar-refractivity contribution is 5.72. The molecule has 0 atom stereocenters. The van der Waals surface area contributed by atoms with Crippen molar-refractivity contribution in [3.63, 3.8) is 0 Å². The molecular formula is C10H14N2O2. The summed E-state index contributed by atoms with van der Waals surface area (Å²) >= 11 is 0. The van der Waals surface area contributed by atoms with Gasteiger partial charge in [-0.15, -0.1) is 0 Å². The van der Waals surface area contributed by atoms with Crippen LogP contribution in [0.15, 0.2) is 12.3 Å². The summed E-state index contributed by atoms with van der Waals surface area (Å²) in [5.74, 6) is 0. The fraction of sp³-hybridized carbons (Fsp3) is 0.500. The molecule has 1 aliphatic heterocycles. The van der Waals surface area contributed by atoms with Crippen molar-refractivity contribution >= 4 is 6.29 Å². The molecule has 4 heteroatoms. The normalized spacial score (nSPS) is 18.3. The maximum atomic E-state index is 10.4. The Morgan fingerprint density at radius 3 is 2.93 bits per heavy atom. The first-order chi connectivity index (χ1) is 6.88. The van der Waals surface area contributed by atoms with Crippen LogP contribution in [-0.4, -0.2) is 42.5 Å². The Morgan fingerprint density at radius 1 is 1.50 bits per heavy atom. The van der Waals surface area contributed by atoms with Crippen LogP contribution in [0, 0.1) is 0 Å². The molecule has 0 aromatic carbocycles. The molecule has 76 valence electrons. The lowest BCUT2D eigenvalue weighted by atomic mass is 10.3. The molecule has 0 aliphatic carbocycles. The first-order valence-electron chi connectivity index (χ1n) is 4.81. The second kappa shape index (κ2) is 4.39. The first kappa shape index (κ1) is 9.43. The van der Waals surface area contributed by atoms with Gasteiger partial charge in [-0.25, -0.2) is 0 Å². The summed E-state index contributed by atoms with van der Waals surface area (Å²) in [4.78, 5) is 15.7. The number of aldehydes is 1. The molecule has 0 radical (unpaired) electrons. The Morgan fingerprint density at radius 2 is 2.29 bits per heavy atom. The maximum absolute atomic E-state index is 10.4. The molecule has 1 N–H and O–H groups in total. The Labute approximate surface area is 82.9 Å². The van der Waals surface area contributed by atoms with Gasteiger partial charge in [0, 0.05) is 25.8 Å². The van der Waals surface area contributed by atoms with Crippen molar-refractivity contribution in [1.82, 2.24) is 9.88 Å². The van der Waals surface area contributed by atoms with Gasteiger partial charge in [0.25, 0.3) is 0 Å². The predicted molar refractivity (Wildman–Crippen MR) is 52.3 cm³/mol. The van der Waals surface area contributed by atoms with Crippen LogP contribution in [-0.2, 0) is 11.3 Å². The molecule has 2 heterocycles. The summed E-state index contributed by atoms with van der Waals surface area (Å²) in [6.07, 6.45) is 2.72. The van der Waals surface area contributed by atoms with Gasteiger partial charge in [-0.3, -0.25) is 9.69 Å². The smallest absolute Gasteiger partial charge is 0.166 e. The monoisotopic (exact) mass is 194 g/mol. The third-order valence-electron chi connectivity index (χ3n) is 2.40. The van der Waals surface area contributed by atoms with E-state index in [0.717, 1.165) is 44.7 Å². The fourth-order valence-corrected chi connectivity index (χ4v) is 1.64. The molecule has 1 aromatic rings. The van der Waals surface area contributed by atoms with E-state index in [1.165, 1.54) is 0 Å². The number of rotatable bonds is 3. The van der Waals surface area contributed by atoms with Gasteiger partial charge >= 0.3 is 0 Å². The van der Waals surface area contributed by atoms with Crippen LogP contribution in [0.2, 0.25) is 0 Å². The van der Waals surface area contributed by atoms with Crippen molar-refractivity contribution in [3.8, 4) is 0 Å². The van der Waals surface area contributed by atoms with Gasteiger partial charge in [-0.2, -0.15) is 0 Å². The average molecular weight is 194 g/mol. The number of morpholine rings is 1. The number of aromatic nitrogens is 1. The number of carbonyl (C=O) groups excluding carboxylic acids is 1. The molecule has 0 unspecified atom stereocenters. The van der Waals surface area contributed by atoms with Crippen molar-refractivity contribution in [2.75, 3.05) is 26.3 Å². The van der Waals surface area contributed by atoms with Gasteiger partial charge in [0.15, 0.2) is 6.29 Å². The summed E-state index contributed by atoms with van der Waals surface area (Å²) in [5.41, 5.74) is 1.81. The van der Waals surface area contributed by atoms with E-state index in [9.17, 15) is 4.79 Å². The lowest BCUT2D eigenvalue weighted by molar-refractivity contribution is 0.0342. The van der Waals surface area contributed by atoms with E-state index >= 15 is 0 Å². The van der Waals surface area contributed by atoms with Crippen molar-refractivity contribution in [1.29, 1.82) is 0 Å². The molecule has 0 spiro atoms. The van der Waals surface area contributed by atoms with Crippen LogP contribution in [0.4, 0.5) is 0 Å². The molecule has 0 amide bonds. The van der Waals surface area contributed by atoms with Gasteiger partial charge in [0.1, 0.15) is 0 Å². The summed E-state index contributed by atoms with van der Waals surface area (Å²) in [6, 6.07) is 1.89. The molecule has 0 bridgehead atoms. The molecule has 14 heavy (non-hydrogen) atoms. The highest BCUT2D eigenvalue weighted by Crippen LogP contribution is 2.07. The van der Waals surface area contributed by atoms with Gasteiger partial charge in [0.2, 0.25) is 0 Å². The van der Waals surface area contributed by atoms with Crippen molar-refractivity contribution in [2.45, 2.75) is 6.54 Å². The first-order valence-corrected chi connectivity index (χ1v) is 4.81. The minimum atomic E-state index is 0.647. The van der Waals surface area contributed by atoms with Crippen LogP contribution in [0.25, 0.3) is 0 Å². The number of ether oxygens (including phenoxy) is 1. The zero-order valence-electron chi connectivity index (χ0n) is 8.03. The van der Waals surface area contributed by atoms with E-state index < -0.39 is 0 Å². The number of nitrogens with one attached hydrogen (secondary N) is 1. The summed E-state index contributed by atoms with van der Waals surface area (Å²) < 4.78 is 5.26. The molecule has 1 fully saturated rings. The highest BCUT2D eigenvalue weighted by atomic mass is 16.5. The van der Waals surface area contributed by atoms with E-state index in [1.807, 2.05) is 12.3 Å². The SMILES string of the molecule is O=Cc1cc(CN2CCOCC2)c[nH]1. The van der Waals surface area contributed by atoms with E-state index in [1.54, 1.807) is 0 Å². The van der Waals surface area contributed by atoms with Gasteiger partial charge in [-0.1, -0.05) is 0 Å².